The van der Waals surface area contributed by atoms with E-state index in [4.69, 9.17) is 10.7 Å². The minimum Gasteiger partial charge on any atom is -0.366 e. The Hall–Kier alpha value is -2.20. The number of carbonyl (C=O) groups is 1. The average molecular weight is 281 g/mol. The molecular formula is C17H19N3O. The number of benzene rings is 1. The number of hydrogen-bond acceptors (Lipinski definition) is 3. The van der Waals surface area contributed by atoms with Gasteiger partial charge in [-0.2, -0.15) is 0 Å². The van der Waals surface area contributed by atoms with Gasteiger partial charge in [-0.15, -0.1) is 0 Å². The van der Waals surface area contributed by atoms with Crippen LogP contribution in [0.1, 0.15) is 34.8 Å². The number of aromatic nitrogens is 1. The fourth-order valence-corrected chi connectivity index (χ4v) is 2.75. The maximum atomic E-state index is 11.1. The predicted octanol–water partition coefficient (Wildman–Crippen LogP) is 2.31. The number of piperidine rings is 1. The van der Waals surface area contributed by atoms with Gasteiger partial charge in [0.05, 0.1) is 5.69 Å². The van der Waals surface area contributed by atoms with E-state index in [-0.39, 0.29) is 0 Å². The Morgan fingerprint density at radius 1 is 1.19 bits per heavy atom. The molecule has 0 bridgehead atoms. The van der Waals surface area contributed by atoms with Crippen molar-refractivity contribution in [2.75, 3.05) is 13.1 Å². The monoisotopic (exact) mass is 281 g/mol. The van der Waals surface area contributed by atoms with Crippen molar-refractivity contribution in [3.8, 4) is 11.3 Å². The highest BCUT2D eigenvalue weighted by Gasteiger charge is 2.16. The second-order valence-corrected chi connectivity index (χ2v) is 5.43. The zero-order chi connectivity index (χ0) is 14.7. The van der Waals surface area contributed by atoms with Crippen molar-refractivity contribution < 1.29 is 4.79 Å². The molecule has 3 N–H and O–H groups in total. The third-order valence-electron chi connectivity index (χ3n) is 3.95. The normalized spacial score (nSPS) is 18.4. The quantitative estimate of drug-likeness (QED) is 0.907. The van der Waals surface area contributed by atoms with Crippen LogP contribution >= 0.6 is 0 Å². The second-order valence-electron chi connectivity index (χ2n) is 5.43. The lowest BCUT2D eigenvalue weighted by Crippen LogP contribution is -2.28. The lowest BCUT2D eigenvalue weighted by molar-refractivity contribution is 0.100. The largest absolute Gasteiger partial charge is 0.366 e. The van der Waals surface area contributed by atoms with Gasteiger partial charge in [0.2, 0.25) is 5.91 Å². The van der Waals surface area contributed by atoms with Crippen molar-refractivity contribution in [2.45, 2.75) is 18.8 Å². The highest BCUT2D eigenvalue weighted by molar-refractivity contribution is 5.93. The first-order valence-corrected chi connectivity index (χ1v) is 7.32. The molecule has 2 aromatic rings. The third kappa shape index (κ3) is 3.11. The summed E-state index contributed by atoms with van der Waals surface area (Å²) in [7, 11) is 0. The van der Waals surface area contributed by atoms with Crippen LogP contribution in [0.3, 0.4) is 0 Å². The van der Waals surface area contributed by atoms with E-state index >= 15 is 0 Å². The molecular weight excluding hydrogens is 262 g/mol. The van der Waals surface area contributed by atoms with Crippen LogP contribution in [-0.4, -0.2) is 24.0 Å². The Kier molecular flexibility index (Phi) is 3.97. The van der Waals surface area contributed by atoms with Crippen LogP contribution in [0.5, 0.6) is 0 Å². The van der Waals surface area contributed by atoms with Crippen molar-refractivity contribution >= 4 is 5.91 Å². The molecule has 2 heterocycles. The molecule has 0 saturated carbocycles. The summed E-state index contributed by atoms with van der Waals surface area (Å²) >= 11 is 0. The van der Waals surface area contributed by atoms with Crippen molar-refractivity contribution in [2.24, 2.45) is 5.73 Å². The SMILES string of the molecule is NC(=O)c1ccc(-c2cccc(C3CCCNC3)n2)cc1. The molecule has 1 aliphatic heterocycles. The molecule has 108 valence electrons. The molecule has 0 radical (unpaired) electrons. The van der Waals surface area contributed by atoms with E-state index in [1.807, 2.05) is 24.3 Å². The highest BCUT2D eigenvalue weighted by Crippen LogP contribution is 2.24. The van der Waals surface area contributed by atoms with Gasteiger partial charge in [-0.1, -0.05) is 18.2 Å². The van der Waals surface area contributed by atoms with Crippen molar-refractivity contribution in [3.63, 3.8) is 0 Å². The van der Waals surface area contributed by atoms with E-state index in [0.717, 1.165) is 30.0 Å². The molecule has 4 nitrogen and oxygen atoms in total. The smallest absolute Gasteiger partial charge is 0.248 e. The van der Waals surface area contributed by atoms with Crippen LogP contribution in [0.25, 0.3) is 11.3 Å². The summed E-state index contributed by atoms with van der Waals surface area (Å²) in [6, 6.07) is 13.4. The Balaban J connectivity index is 1.86. The summed E-state index contributed by atoms with van der Waals surface area (Å²) in [5, 5.41) is 3.42. The van der Waals surface area contributed by atoms with Crippen LogP contribution in [0.15, 0.2) is 42.5 Å². The zero-order valence-electron chi connectivity index (χ0n) is 11.9. The summed E-state index contributed by atoms with van der Waals surface area (Å²) in [6.45, 7) is 2.10. The number of hydrogen-bond donors (Lipinski definition) is 2. The molecule has 0 spiro atoms. The van der Waals surface area contributed by atoms with E-state index in [1.54, 1.807) is 12.1 Å². The van der Waals surface area contributed by atoms with Gasteiger partial charge in [-0.3, -0.25) is 9.78 Å². The van der Waals surface area contributed by atoms with E-state index in [1.165, 1.54) is 12.8 Å². The van der Waals surface area contributed by atoms with E-state index in [9.17, 15) is 4.79 Å². The van der Waals surface area contributed by atoms with Crippen molar-refractivity contribution in [1.82, 2.24) is 10.3 Å². The van der Waals surface area contributed by atoms with Gasteiger partial charge >= 0.3 is 0 Å². The Morgan fingerprint density at radius 3 is 2.67 bits per heavy atom. The number of nitrogens with zero attached hydrogens (tertiary/aromatic N) is 1. The summed E-state index contributed by atoms with van der Waals surface area (Å²) in [5.41, 5.74) is 8.86. The first-order valence-electron chi connectivity index (χ1n) is 7.32. The molecule has 4 heteroatoms. The van der Waals surface area contributed by atoms with Crippen LogP contribution in [0, 0.1) is 0 Å². The first-order chi connectivity index (χ1) is 10.2. The van der Waals surface area contributed by atoms with Gasteiger partial charge < -0.3 is 11.1 Å². The van der Waals surface area contributed by atoms with E-state index < -0.39 is 5.91 Å². The van der Waals surface area contributed by atoms with Gasteiger partial charge in [0.25, 0.3) is 0 Å². The predicted molar refractivity (Wildman–Crippen MR) is 83.0 cm³/mol. The molecule has 1 atom stereocenters. The molecule has 1 unspecified atom stereocenters. The van der Waals surface area contributed by atoms with E-state index in [2.05, 4.69) is 11.4 Å². The van der Waals surface area contributed by atoms with Crippen molar-refractivity contribution in [3.05, 3.63) is 53.7 Å². The van der Waals surface area contributed by atoms with Gasteiger partial charge in [0.15, 0.2) is 0 Å². The molecule has 21 heavy (non-hydrogen) atoms. The minimum atomic E-state index is -0.406. The standard InChI is InChI=1S/C17H19N3O/c18-17(21)13-8-6-12(7-9-13)15-4-1-5-16(20-15)14-3-2-10-19-11-14/h1,4-9,14,19H,2-3,10-11H2,(H2,18,21). The van der Waals surface area contributed by atoms with Gasteiger partial charge in [-0.25, -0.2) is 0 Å². The summed E-state index contributed by atoms with van der Waals surface area (Å²) in [5.74, 6) is 0.0835. The highest BCUT2D eigenvalue weighted by atomic mass is 16.1. The summed E-state index contributed by atoms with van der Waals surface area (Å²) < 4.78 is 0. The second kappa shape index (κ2) is 6.06. The Labute approximate surface area is 124 Å². The number of primary amides is 1. The Bertz CT molecular complexity index is 631. The number of pyridine rings is 1. The topological polar surface area (TPSA) is 68.0 Å². The molecule has 1 aromatic carbocycles. The molecule has 1 fully saturated rings. The van der Waals surface area contributed by atoms with Crippen LogP contribution in [0.4, 0.5) is 0 Å². The number of rotatable bonds is 3. The number of amides is 1. The van der Waals surface area contributed by atoms with Crippen LogP contribution in [-0.2, 0) is 0 Å². The van der Waals surface area contributed by atoms with Crippen LogP contribution < -0.4 is 11.1 Å². The molecule has 1 aromatic heterocycles. The van der Waals surface area contributed by atoms with Gasteiger partial charge in [-0.05, 0) is 43.7 Å². The minimum absolute atomic E-state index is 0.406. The average Bonchev–Trinajstić information content (AvgIpc) is 2.56. The lowest BCUT2D eigenvalue weighted by atomic mass is 9.95. The van der Waals surface area contributed by atoms with Crippen molar-refractivity contribution in [1.29, 1.82) is 0 Å². The molecule has 1 amide bonds. The molecule has 0 aliphatic carbocycles. The Morgan fingerprint density at radius 2 is 2.00 bits per heavy atom. The molecule has 1 saturated heterocycles. The summed E-state index contributed by atoms with van der Waals surface area (Å²) in [4.78, 5) is 15.9. The van der Waals surface area contributed by atoms with Gasteiger partial charge in [0.1, 0.15) is 0 Å². The fourth-order valence-electron chi connectivity index (χ4n) is 2.75. The maximum absolute atomic E-state index is 11.1. The lowest BCUT2D eigenvalue weighted by Gasteiger charge is -2.22. The molecule has 3 rings (SSSR count). The number of carbonyl (C=O) groups excluding carboxylic acids is 1. The summed E-state index contributed by atoms with van der Waals surface area (Å²) in [6.07, 6.45) is 2.38. The zero-order valence-corrected chi connectivity index (χ0v) is 11.9. The first kappa shape index (κ1) is 13.8. The van der Waals surface area contributed by atoms with E-state index in [0.29, 0.717) is 11.5 Å². The van der Waals surface area contributed by atoms with Crippen LogP contribution in [0.2, 0.25) is 0 Å². The third-order valence-corrected chi connectivity index (χ3v) is 3.95. The fraction of sp³-hybridized carbons (Fsp3) is 0.294. The maximum Gasteiger partial charge on any atom is 0.248 e. The number of nitrogens with one attached hydrogen (secondary N) is 1. The number of nitrogens with two attached hydrogens (primary N) is 1. The molecule has 1 aliphatic rings. The van der Waals surface area contributed by atoms with Gasteiger partial charge in [0, 0.05) is 29.3 Å².